The van der Waals surface area contributed by atoms with E-state index in [0.29, 0.717) is 24.4 Å². The summed E-state index contributed by atoms with van der Waals surface area (Å²) in [6, 6.07) is 3.59. The van der Waals surface area contributed by atoms with Gasteiger partial charge in [-0.1, -0.05) is 0 Å². The fraction of sp³-hybridized carbons (Fsp3) is 0.308. The highest BCUT2D eigenvalue weighted by Gasteiger charge is 2.27. The first-order valence-corrected chi connectivity index (χ1v) is 6.07. The topological polar surface area (TPSA) is 71.2 Å². The predicted octanol–water partition coefficient (Wildman–Crippen LogP) is 1.18. The summed E-state index contributed by atoms with van der Waals surface area (Å²) < 4.78 is 1.96. The molecule has 0 aromatic carbocycles. The molecule has 19 heavy (non-hydrogen) atoms. The molecule has 0 radical (unpaired) electrons. The molecule has 0 unspecified atom stereocenters. The lowest BCUT2D eigenvalue weighted by Gasteiger charge is -2.21. The van der Waals surface area contributed by atoms with E-state index in [4.69, 9.17) is 0 Å². The molecule has 0 saturated carbocycles. The number of rotatable bonds is 1. The first-order valence-electron chi connectivity index (χ1n) is 6.07. The summed E-state index contributed by atoms with van der Waals surface area (Å²) in [5, 5.41) is 10.2. The Morgan fingerprint density at radius 3 is 2.95 bits per heavy atom. The molecule has 98 valence electrons. The average molecular weight is 258 g/mol. The Balaban J connectivity index is 2.15. The van der Waals surface area contributed by atoms with Crippen LogP contribution in [0.3, 0.4) is 0 Å². The van der Waals surface area contributed by atoms with Gasteiger partial charge < -0.3 is 4.57 Å². The van der Waals surface area contributed by atoms with Gasteiger partial charge in [0.15, 0.2) is 0 Å². The van der Waals surface area contributed by atoms with Gasteiger partial charge in [0.1, 0.15) is 5.82 Å². The summed E-state index contributed by atoms with van der Waals surface area (Å²) in [5.41, 5.74) is 3.12. The summed E-state index contributed by atoms with van der Waals surface area (Å²) in [6.45, 7) is 2.15. The van der Waals surface area contributed by atoms with Crippen LogP contribution in [-0.2, 0) is 13.5 Å². The van der Waals surface area contributed by atoms with Gasteiger partial charge in [-0.25, -0.2) is 15.0 Å². The van der Waals surface area contributed by atoms with Crippen molar-refractivity contribution in [3.05, 3.63) is 35.4 Å². The predicted molar refractivity (Wildman–Crippen MR) is 67.7 cm³/mol. The maximum Gasteiger partial charge on any atom is 0.279 e. The molecule has 6 heteroatoms. The van der Waals surface area contributed by atoms with E-state index in [0.717, 1.165) is 22.1 Å². The SMILES string of the molecule is Cc1nccc(-c2cc3c(n2C)CCN(O)C3=O)n1. The second-order valence-electron chi connectivity index (χ2n) is 4.62. The first-order chi connectivity index (χ1) is 9.08. The molecule has 0 bridgehead atoms. The molecule has 0 spiro atoms. The van der Waals surface area contributed by atoms with Crippen LogP contribution in [-0.4, -0.2) is 37.3 Å². The van der Waals surface area contributed by atoms with Crippen LogP contribution in [0.5, 0.6) is 0 Å². The Hall–Kier alpha value is -2.21. The number of carbonyl (C=O) groups is 1. The van der Waals surface area contributed by atoms with Crippen molar-refractivity contribution in [2.75, 3.05) is 6.54 Å². The molecule has 3 rings (SSSR count). The fourth-order valence-corrected chi connectivity index (χ4v) is 2.43. The monoisotopic (exact) mass is 258 g/mol. The summed E-state index contributed by atoms with van der Waals surface area (Å²) in [7, 11) is 1.91. The maximum atomic E-state index is 11.9. The Kier molecular flexibility index (Phi) is 2.60. The number of hydrogen-bond acceptors (Lipinski definition) is 4. The third-order valence-corrected chi connectivity index (χ3v) is 3.42. The lowest BCUT2D eigenvalue weighted by Crippen LogP contribution is -2.34. The number of aromatic nitrogens is 3. The summed E-state index contributed by atoms with van der Waals surface area (Å²) in [5.74, 6) is 0.334. The van der Waals surface area contributed by atoms with Crippen molar-refractivity contribution >= 4 is 5.91 Å². The second kappa shape index (κ2) is 4.17. The summed E-state index contributed by atoms with van der Waals surface area (Å²) in [4.78, 5) is 20.4. The molecule has 0 aliphatic carbocycles. The Morgan fingerprint density at radius 2 is 2.21 bits per heavy atom. The zero-order valence-corrected chi connectivity index (χ0v) is 10.8. The zero-order chi connectivity index (χ0) is 13.6. The van der Waals surface area contributed by atoms with Gasteiger partial charge in [0.25, 0.3) is 5.91 Å². The van der Waals surface area contributed by atoms with Gasteiger partial charge in [0.2, 0.25) is 0 Å². The number of aryl methyl sites for hydroxylation is 1. The Labute approximate surface area is 110 Å². The molecule has 1 aliphatic rings. The van der Waals surface area contributed by atoms with Crippen molar-refractivity contribution in [2.45, 2.75) is 13.3 Å². The number of amides is 1. The third kappa shape index (κ3) is 1.80. The Morgan fingerprint density at radius 1 is 1.42 bits per heavy atom. The van der Waals surface area contributed by atoms with Gasteiger partial charge in [-0.15, -0.1) is 0 Å². The van der Waals surface area contributed by atoms with Crippen molar-refractivity contribution in [3.8, 4) is 11.4 Å². The number of hydrogen-bond donors (Lipinski definition) is 1. The van der Waals surface area contributed by atoms with Crippen LogP contribution in [0.15, 0.2) is 18.3 Å². The molecule has 0 atom stereocenters. The molecule has 1 N–H and O–H groups in total. The van der Waals surface area contributed by atoms with E-state index >= 15 is 0 Å². The van der Waals surface area contributed by atoms with Crippen LogP contribution in [0.25, 0.3) is 11.4 Å². The van der Waals surface area contributed by atoms with Crippen LogP contribution in [0, 0.1) is 6.92 Å². The van der Waals surface area contributed by atoms with Crippen molar-refractivity contribution in [1.29, 1.82) is 0 Å². The molecule has 1 aliphatic heterocycles. The number of nitrogens with zero attached hydrogens (tertiary/aromatic N) is 4. The molecule has 6 nitrogen and oxygen atoms in total. The average Bonchev–Trinajstić information content (AvgIpc) is 2.72. The molecular formula is C13H14N4O2. The van der Waals surface area contributed by atoms with E-state index in [1.54, 1.807) is 12.3 Å². The van der Waals surface area contributed by atoms with Crippen molar-refractivity contribution in [1.82, 2.24) is 19.6 Å². The van der Waals surface area contributed by atoms with E-state index < -0.39 is 0 Å². The van der Waals surface area contributed by atoms with Gasteiger partial charge in [-0.3, -0.25) is 10.0 Å². The van der Waals surface area contributed by atoms with Gasteiger partial charge in [-0.05, 0) is 19.1 Å². The normalized spacial score (nSPS) is 14.7. The number of carbonyl (C=O) groups excluding carboxylic acids is 1. The van der Waals surface area contributed by atoms with Crippen molar-refractivity contribution in [3.63, 3.8) is 0 Å². The van der Waals surface area contributed by atoms with Gasteiger partial charge in [0, 0.05) is 25.4 Å². The standard InChI is InChI=1S/C13H14N4O2/c1-8-14-5-3-10(15-8)12-7-9-11(16(12)2)4-6-17(19)13(9)18/h3,5,7,19H,4,6H2,1-2H3. The van der Waals surface area contributed by atoms with Crippen molar-refractivity contribution < 1.29 is 10.0 Å². The molecule has 0 saturated heterocycles. The number of fused-ring (bicyclic) bond motifs is 1. The van der Waals surface area contributed by atoms with E-state index in [9.17, 15) is 10.0 Å². The first kappa shape index (κ1) is 11.9. The van der Waals surface area contributed by atoms with Crippen LogP contribution < -0.4 is 0 Å². The van der Waals surface area contributed by atoms with Crippen LogP contribution in [0.4, 0.5) is 0 Å². The second-order valence-corrected chi connectivity index (χ2v) is 4.62. The van der Waals surface area contributed by atoms with Crippen LogP contribution in [0.2, 0.25) is 0 Å². The summed E-state index contributed by atoms with van der Waals surface area (Å²) >= 11 is 0. The van der Waals surface area contributed by atoms with Gasteiger partial charge in [-0.2, -0.15) is 0 Å². The highest BCUT2D eigenvalue weighted by Crippen LogP contribution is 2.27. The van der Waals surface area contributed by atoms with E-state index in [1.165, 1.54) is 0 Å². The zero-order valence-electron chi connectivity index (χ0n) is 10.8. The maximum absolute atomic E-state index is 11.9. The van der Waals surface area contributed by atoms with E-state index in [-0.39, 0.29) is 5.91 Å². The molecular weight excluding hydrogens is 244 g/mol. The minimum absolute atomic E-state index is 0.325. The highest BCUT2D eigenvalue weighted by molar-refractivity contribution is 5.97. The largest absolute Gasteiger partial charge is 0.346 e. The van der Waals surface area contributed by atoms with Crippen LogP contribution >= 0.6 is 0 Å². The lowest BCUT2D eigenvalue weighted by atomic mass is 10.1. The van der Waals surface area contributed by atoms with Gasteiger partial charge >= 0.3 is 0 Å². The quantitative estimate of drug-likeness (QED) is 0.780. The smallest absolute Gasteiger partial charge is 0.279 e. The van der Waals surface area contributed by atoms with E-state index in [1.807, 2.05) is 24.6 Å². The fourth-order valence-electron chi connectivity index (χ4n) is 2.43. The minimum Gasteiger partial charge on any atom is -0.346 e. The molecule has 0 fully saturated rings. The Bertz CT molecular complexity index is 663. The van der Waals surface area contributed by atoms with E-state index in [2.05, 4.69) is 9.97 Å². The molecule has 3 heterocycles. The van der Waals surface area contributed by atoms with Crippen molar-refractivity contribution in [2.24, 2.45) is 7.05 Å². The highest BCUT2D eigenvalue weighted by atomic mass is 16.5. The minimum atomic E-state index is -0.353. The number of hydroxylamine groups is 2. The molecule has 2 aromatic rings. The third-order valence-electron chi connectivity index (χ3n) is 3.42. The molecule has 2 aromatic heterocycles. The summed E-state index contributed by atoms with van der Waals surface area (Å²) in [6.07, 6.45) is 2.34. The van der Waals surface area contributed by atoms with Gasteiger partial charge in [0.05, 0.1) is 23.5 Å². The lowest BCUT2D eigenvalue weighted by molar-refractivity contribution is -0.0604. The van der Waals surface area contributed by atoms with Crippen LogP contribution in [0.1, 0.15) is 21.9 Å². The molecule has 1 amide bonds.